The molecule has 12 heavy (non-hydrogen) atoms. The van der Waals surface area contributed by atoms with Crippen LogP contribution in [0.3, 0.4) is 0 Å². The van der Waals surface area contributed by atoms with Gasteiger partial charge in [0.25, 0.3) is 0 Å². The lowest BCUT2D eigenvalue weighted by molar-refractivity contribution is 0.194. The predicted octanol–water partition coefficient (Wildman–Crippen LogP) is 1.50. The first kappa shape index (κ1) is 8.80. The van der Waals surface area contributed by atoms with E-state index in [0.717, 1.165) is 5.56 Å². The fourth-order valence-corrected chi connectivity index (χ4v) is 0.800. The third-order valence-corrected chi connectivity index (χ3v) is 1.46. The lowest BCUT2D eigenvalue weighted by atomic mass is 10.3. The van der Waals surface area contributed by atoms with Gasteiger partial charge in [0.2, 0.25) is 0 Å². The summed E-state index contributed by atoms with van der Waals surface area (Å²) in [5.41, 5.74) is 0.779. The van der Waals surface area contributed by atoms with Crippen LogP contribution in [0.4, 0.5) is 4.79 Å². The zero-order valence-corrected chi connectivity index (χ0v) is 6.88. The molecule has 1 aromatic rings. The maximum Gasteiger partial charge on any atom is 0.404 e. The van der Waals surface area contributed by atoms with Gasteiger partial charge in [0.1, 0.15) is 5.15 Å². The molecule has 0 spiro atoms. The number of aromatic nitrogens is 1. The molecule has 0 fully saturated rings. The van der Waals surface area contributed by atoms with Crippen molar-refractivity contribution in [1.82, 2.24) is 10.3 Å². The van der Waals surface area contributed by atoms with Crippen LogP contribution in [0.15, 0.2) is 18.3 Å². The van der Waals surface area contributed by atoms with Crippen LogP contribution in [0.1, 0.15) is 5.56 Å². The Morgan fingerprint density at radius 1 is 1.67 bits per heavy atom. The largest absolute Gasteiger partial charge is 0.465 e. The quantitative estimate of drug-likeness (QED) is 0.689. The Bertz CT molecular complexity index is 273. The molecule has 1 amide bonds. The van der Waals surface area contributed by atoms with Gasteiger partial charge in [0.05, 0.1) is 0 Å². The highest BCUT2D eigenvalue weighted by atomic mass is 35.5. The number of pyridine rings is 1. The van der Waals surface area contributed by atoms with E-state index in [2.05, 4.69) is 10.3 Å². The summed E-state index contributed by atoms with van der Waals surface area (Å²) in [6.45, 7) is 0.250. The lowest BCUT2D eigenvalue weighted by Crippen LogP contribution is -2.19. The number of nitrogens with one attached hydrogen (secondary N) is 1. The summed E-state index contributed by atoms with van der Waals surface area (Å²) in [7, 11) is 0. The summed E-state index contributed by atoms with van der Waals surface area (Å²) in [5.74, 6) is 0. The monoisotopic (exact) mass is 186 g/mol. The molecule has 2 N–H and O–H groups in total. The lowest BCUT2D eigenvalue weighted by Gasteiger charge is -1.99. The summed E-state index contributed by atoms with van der Waals surface area (Å²) in [5, 5.41) is 10.9. The minimum Gasteiger partial charge on any atom is -0.465 e. The molecule has 0 aromatic carbocycles. The summed E-state index contributed by atoms with van der Waals surface area (Å²) < 4.78 is 0. The Morgan fingerprint density at radius 3 is 2.92 bits per heavy atom. The van der Waals surface area contributed by atoms with Crippen molar-refractivity contribution in [2.75, 3.05) is 0 Å². The first-order valence-corrected chi connectivity index (χ1v) is 3.63. The molecular formula is C7H7ClN2O2. The fourth-order valence-electron chi connectivity index (χ4n) is 0.689. The highest BCUT2D eigenvalue weighted by molar-refractivity contribution is 6.29. The van der Waals surface area contributed by atoms with Gasteiger partial charge in [0.15, 0.2) is 0 Å². The van der Waals surface area contributed by atoms with E-state index in [1.807, 2.05) is 0 Å². The predicted molar refractivity (Wildman–Crippen MR) is 44.1 cm³/mol. The molecule has 0 aliphatic rings. The number of halogens is 1. The minimum atomic E-state index is -1.05. The summed E-state index contributed by atoms with van der Waals surface area (Å²) in [6, 6.07) is 3.33. The van der Waals surface area contributed by atoms with Gasteiger partial charge in [-0.15, -0.1) is 0 Å². The maximum atomic E-state index is 10.1. The van der Waals surface area contributed by atoms with Gasteiger partial charge in [-0.05, 0) is 11.6 Å². The number of hydrogen-bond donors (Lipinski definition) is 2. The molecule has 0 unspecified atom stereocenters. The summed E-state index contributed by atoms with van der Waals surface area (Å²) in [4.78, 5) is 13.9. The average molecular weight is 187 g/mol. The summed E-state index contributed by atoms with van der Waals surface area (Å²) >= 11 is 5.53. The van der Waals surface area contributed by atoms with E-state index in [-0.39, 0.29) is 6.54 Å². The molecule has 0 aliphatic carbocycles. The molecule has 0 saturated carbocycles. The van der Waals surface area contributed by atoms with Gasteiger partial charge in [-0.1, -0.05) is 17.7 Å². The zero-order chi connectivity index (χ0) is 8.97. The van der Waals surface area contributed by atoms with Crippen LogP contribution in [0.2, 0.25) is 5.15 Å². The van der Waals surface area contributed by atoms with Crippen molar-refractivity contribution in [3.05, 3.63) is 29.0 Å². The van der Waals surface area contributed by atoms with E-state index in [1.54, 1.807) is 12.1 Å². The van der Waals surface area contributed by atoms with Crippen molar-refractivity contribution in [3.63, 3.8) is 0 Å². The second-order valence-electron chi connectivity index (χ2n) is 2.15. The second-order valence-corrected chi connectivity index (χ2v) is 2.54. The van der Waals surface area contributed by atoms with Gasteiger partial charge in [-0.2, -0.15) is 0 Å². The van der Waals surface area contributed by atoms with Gasteiger partial charge in [-0.25, -0.2) is 9.78 Å². The van der Waals surface area contributed by atoms with E-state index < -0.39 is 6.09 Å². The van der Waals surface area contributed by atoms with Gasteiger partial charge in [-0.3, -0.25) is 0 Å². The molecule has 4 nitrogen and oxygen atoms in total. The van der Waals surface area contributed by atoms with Crippen LogP contribution in [-0.2, 0) is 6.54 Å². The molecule has 64 valence electrons. The van der Waals surface area contributed by atoms with E-state index >= 15 is 0 Å². The number of carbonyl (C=O) groups is 1. The minimum absolute atomic E-state index is 0.250. The van der Waals surface area contributed by atoms with Gasteiger partial charge in [0, 0.05) is 12.7 Å². The molecule has 0 saturated heterocycles. The van der Waals surface area contributed by atoms with Crippen molar-refractivity contribution in [3.8, 4) is 0 Å². The van der Waals surface area contributed by atoms with Gasteiger partial charge < -0.3 is 10.4 Å². The van der Waals surface area contributed by atoms with Crippen LogP contribution in [0.25, 0.3) is 0 Å². The number of hydrogen-bond acceptors (Lipinski definition) is 2. The molecule has 0 atom stereocenters. The third-order valence-electron chi connectivity index (χ3n) is 1.23. The third kappa shape index (κ3) is 2.75. The molecule has 1 rings (SSSR count). The first-order valence-electron chi connectivity index (χ1n) is 3.25. The Kier molecular flexibility index (Phi) is 2.88. The second kappa shape index (κ2) is 3.92. The van der Waals surface area contributed by atoms with Crippen molar-refractivity contribution in [2.24, 2.45) is 0 Å². The molecule has 5 heteroatoms. The Morgan fingerprint density at radius 2 is 2.42 bits per heavy atom. The van der Waals surface area contributed by atoms with Crippen molar-refractivity contribution in [2.45, 2.75) is 6.54 Å². The smallest absolute Gasteiger partial charge is 0.404 e. The fraction of sp³-hybridized carbons (Fsp3) is 0.143. The van der Waals surface area contributed by atoms with Crippen LogP contribution in [0.5, 0.6) is 0 Å². The van der Waals surface area contributed by atoms with Crippen LogP contribution in [0, 0.1) is 0 Å². The number of amides is 1. The average Bonchev–Trinajstić information content (AvgIpc) is 2.03. The number of rotatable bonds is 2. The van der Waals surface area contributed by atoms with E-state index in [4.69, 9.17) is 16.7 Å². The Balaban J connectivity index is 2.53. The highest BCUT2D eigenvalue weighted by Gasteiger charge is 1.96. The molecule has 1 aromatic heterocycles. The maximum absolute atomic E-state index is 10.1. The molecular weight excluding hydrogens is 180 g/mol. The standard InChI is InChI=1S/C7H7ClN2O2/c8-6-2-1-5(3-9-6)4-10-7(11)12/h1-3,10H,4H2,(H,11,12). The highest BCUT2D eigenvalue weighted by Crippen LogP contribution is 2.04. The molecule has 1 heterocycles. The zero-order valence-electron chi connectivity index (χ0n) is 6.12. The number of nitrogens with zero attached hydrogens (tertiary/aromatic N) is 1. The molecule has 0 aliphatic heterocycles. The molecule has 0 bridgehead atoms. The SMILES string of the molecule is O=C(O)NCc1ccc(Cl)nc1. The Hall–Kier alpha value is -1.29. The topological polar surface area (TPSA) is 62.2 Å². The van der Waals surface area contributed by atoms with Crippen LogP contribution < -0.4 is 5.32 Å². The van der Waals surface area contributed by atoms with Crippen molar-refractivity contribution < 1.29 is 9.90 Å². The molecule has 0 radical (unpaired) electrons. The van der Waals surface area contributed by atoms with E-state index in [9.17, 15) is 4.79 Å². The normalized spacial score (nSPS) is 9.42. The van der Waals surface area contributed by atoms with E-state index in [0.29, 0.717) is 5.15 Å². The van der Waals surface area contributed by atoms with Crippen LogP contribution >= 0.6 is 11.6 Å². The van der Waals surface area contributed by atoms with E-state index in [1.165, 1.54) is 6.20 Å². The van der Waals surface area contributed by atoms with Crippen LogP contribution in [-0.4, -0.2) is 16.2 Å². The number of carboxylic acid groups (broad SMARTS) is 1. The Labute approximate surface area is 74.2 Å². The van der Waals surface area contributed by atoms with Crippen molar-refractivity contribution >= 4 is 17.7 Å². The summed E-state index contributed by atoms with van der Waals surface area (Å²) in [6.07, 6.45) is 0.475. The van der Waals surface area contributed by atoms with Gasteiger partial charge >= 0.3 is 6.09 Å². The first-order chi connectivity index (χ1) is 5.68. The van der Waals surface area contributed by atoms with Crippen molar-refractivity contribution in [1.29, 1.82) is 0 Å².